The lowest BCUT2D eigenvalue weighted by molar-refractivity contribution is -0.265. The summed E-state index contributed by atoms with van der Waals surface area (Å²) >= 11 is 0. The molecule has 0 amide bonds. The molecule has 0 spiro atoms. The van der Waals surface area contributed by atoms with Crippen molar-refractivity contribution < 1.29 is 19.3 Å². The standard InChI is InChI=1S/C12H19NO4/c1-4-7-8-11(15-5-2)10(9-13)12(14)17-16-6-3/h4-8H2,1-3H3. The average Bonchev–Trinajstić information content (AvgIpc) is 2.34. The maximum Gasteiger partial charge on any atom is 0.386 e. The van der Waals surface area contributed by atoms with Crippen molar-refractivity contribution in [3.63, 3.8) is 0 Å². The molecule has 0 bridgehead atoms. The quantitative estimate of drug-likeness (QED) is 0.215. The Balaban J connectivity index is 4.79. The molecular formula is C12H19NO4. The van der Waals surface area contributed by atoms with Gasteiger partial charge in [-0.15, -0.1) is 0 Å². The van der Waals surface area contributed by atoms with Gasteiger partial charge in [-0.25, -0.2) is 4.79 Å². The third-order valence-corrected chi connectivity index (χ3v) is 1.92. The Morgan fingerprint density at radius 2 is 1.94 bits per heavy atom. The Labute approximate surface area is 102 Å². The molecule has 0 aliphatic carbocycles. The van der Waals surface area contributed by atoms with Gasteiger partial charge < -0.3 is 4.74 Å². The van der Waals surface area contributed by atoms with Crippen LogP contribution >= 0.6 is 0 Å². The van der Waals surface area contributed by atoms with E-state index in [1.165, 1.54) is 0 Å². The second-order valence-electron chi connectivity index (χ2n) is 3.22. The molecule has 0 radical (unpaired) electrons. The topological polar surface area (TPSA) is 68.5 Å². The van der Waals surface area contributed by atoms with Gasteiger partial charge in [-0.1, -0.05) is 13.3 Å². The fraction of sp³-hybridized carbons (Fsp3) is 0.667. The van der Waals surface area contributed by atoms with E-state index in [9.17, 15) is 4.79 Å². The molecule has 0 unspecified atom stereocenters. The van der Waals surface area contributed by atoms with Crippen molar-refractivity contribution in [1.29, 1.82) is 5.26 Å². The summed E-state index contributed by atoms with van der Waals surface area (Å²) in [5.41, 5.74) is -0.117. The van der Waals surface area contributed by atoms with Gasteiger partial charge in [0.1, 0.15) is 11.8 Å². The second kappa shape index (κ2) is 9.67. The summed E-state index contributed by atoms with van der Waals surface area (Å²) in [6.07, 6.45) is 2.35. The number of carbonyl (C=O) groups is 1. The third-order valence-electron chi connectivity index (χ3n) is 1.92. The molecule has 0 atom stereocenters. The van der Waals surface area contributed by atoms with E-state index in [1.54, 1.807) is 19.9 Å². The smallest absolute Gasteiger partial charge is 0.386 e. The summed E-state index contributed by atoms with van der Waals surface area (Å²) in [5.74, 6) is -0.421. The first-order chi connectivity index (χ1) is 8.21. The van der Waals surface area contributed by atoms with Crippen LogP contribution in [0.4, 0.5) is 0 Å². The first-order valence-electron chi connectivity index (χ1n) is 5.80. The number of nitrogens with zero attached hydrogens (tertiary/aromatic N) is 1. The van der Waals surface area contributed by atoms with Gasteiger partial charge in [-0.3, -0.25) is 4.89 Å². The summed E-state index contributed by atoms with van der Waals surface area (Å²) in [6.45, 7) is 6.15. The summed E-state index contributed by atoms with van der Waals surface area (Å²) in [5, 5.41) is 8.95. The van der Waals surface area contributed by atoms with Crippen LogP contribution in [0.1, 0.15) is 40.0 Å². The number of hydrogen-bond donors (Lipinski definition) is 0. The lowest BCUT2D eigenvalue weighted by Gasteiger charge is -2.09. The Morgan fingerprint density at radius 3 is 2.41 bits per heavy atom. The van der Waals surface area contributed by atoms with Gasteiger partial charge in [0.25, 0.3) is 0 Å². The highest BCUT2D eigenvalue weighted by molar-refractivity contribution is 5.92. The predicted octanol–water partition coefficient (Wildman–Crippen LogP) is 2.49. The summed E-state index contributed by atoms with van der Waals surface area (Å²) < 4.78 is 5.30. The van der Waals surface area contributed by atoms with Crippen LogP contribution in [-0.4, -0.2) is 19.2 Å². The first-order valence-corrected chi connectivity index (χ1v) is 5.80. The molecule has 0 saturated heterocycles. The van der Waals surface area contributed by atoms with E-state index in [2.05, 4.69) is 9.78 Å². The van der Waals surface area contributed by atoms with Crippen molar-refractivity contribution in [2.75, 3.05) is 13.2 Å². The molecule has 17 heavy (non-hydrogen) atoms. The van der Waals surface area contributed by atoms with Crippen LogP contribution in [-0.2, 0) is 19.3 Å². The minimum Gasteiger partial charge on any atom is -0.497 e. The van der Waals surface area contributed by atoms with Crippen LogP contribution < -0.4 is 0 Å². The lowest BCUT2D eigenvalue weighted by atomic mass is 10.1. The second-order valence-corrected chi connectivity index (χ2v) is 3.22. The minimum atomic E-state index is -0.797. The number of allylic oxidation sites excluding steroid dienone is 1. The van der Waals surface area contributed by atoms with E-state index in [0.717, 1.165) is 12.8 Å². The fourth-order valence-corrected chi connectivity index (χ4v) is 1.16. The zero-order valence-electron chi connectivity index (χ0n) is 10.6. The molecule has 0 N–H and O–H groups in total. The number of carbonyl (C=O) groups excluding carboxylic acids is 1. The van der Waals surface area contributed by atoms with Crippen LogP contribution in [0.2, 0.25) is 0 Å². The van der Waals surface area contributed by atoms with Gasteiger partial charge in [-0.2, -0.15) is 10.1 Å². The molecule has 96 valence electrons. The minimum absolute atomic E-state index is 0.117. The molecule has 0 rings (SSSR count). The largest absolute Gasteiger partial charge is 0.497 e. The van der Waals surface area contributed by atoms with Crippen LogP contribution in [0.15, 0.2) is 11.3 Å². The van der Waals surface area contributed by atoms with Gasteiger partial charge in [0, 0.05) is 6.42 Å². The number of nitriles is 1. The number of hydrogen-bond acceptors (Lipinski definition) is 5. The molecule has 0 aromatic rings. The molecule has 0 aromatic heterocycles. The molecule has 0 heterocycles. The first kappa shape index (κ1) is 15.5. The fourth-order valence-electron chi connectivity index (χ4n) is 1.16. The molecular weight excluding hydrogens is 222 g/mol. The summed E-state index contributed by atoms with van der Waals surface area (Å²) in [6, 6.07) is 1.80. The van der Waals surface area contributed by atoms with E-state index < -0.39 is 5.97 Å². The zero-order valence-corrected chi connectivity index (χ0v) is 10.6. The Morgan fingerprint density at radius 1 is 1.24 bits per heavy atom. The van der Waals surface area contributed by atoms with E-state index >= 15 is 0 Å². The van der Waals surface area contributed by atoms with Crippen LogP contribution in [0.5, 0.6) is 0 Å². The van der Waals surface area contributed by atoms with Gasteiger partial charge >= 0.3 is 5.97 Å². The van der Waals surface area contributed by atoms with Crippen LogP contribution in [0.25, 0.3) is 0 Å². The third kappa shape index (κ3) is 5.93. The monoisotopic (exact) mass is 241 g/mol. The maximum absolute atomic E-state index is 11.5. The van der Waals surface area contributed by atoms with Gasteiger partial charge in [0.2, 0.25) is 0 Å². The Kier molecular flexibility index (Phi) is 8.79. The van der Waals surface area contributed by atoms with Gasteiger partial charge in [0.05, 0.1) is 13.2 Å². The SMILES string of the molecule is CCCCC(OCC)=C(C#N)C(=O)OOCC. The highest BCUT2D eigenvalue weighted by Gasteiger charge is 2.19. The van der Waals surface area contributed by atoms with Crippen LogP contribution in [0.3, 0.4) is 0 Å². The van der Waals surface area contributed by atoms with Crippen LogP contribution in [0, 0.1) is 11.3 Å². The molecule has 0 aromatic carbocycles. The Hall–Kier alpha value is -1.54. The van der Waals surface area contributed by atoms with E-state index in [0.29, 0.717) is 18.8 Å². The summed E-state index contributed by atoms with van der Waals surface area (Å²) in [4.78, 5) is 20.5. The van der Waals surface area contributed by atoms with Gasteiger partial charge in [0.15, 0.2) is 5.57 Å². The highest BCUT2D eigenvalue weighted by atomic mass is 17.2. The lowest BCUT2D eigenvalue weighted by Crippen LogP contribution is -2.11. The van der Waals surface area contributed by atoms with Crippen molar-refractivity contribution in [3.05, 3.63) is 11.3 Å². The molecule has 5 heteroatoms. The summed E-state index contributed by atoms with van der Waals surface area (Å²) in [7, 11) is 0. The van der Waals surface area contributed by atoms with E-state index in [1.807, 2.05) is 6.92 Å². The van der Waals surface area contributed by atoms with Crippen molar-refractivity contribution in [1.82, 2.24) is 0 Å². The normalized spacial score (nSPS) is 11.4. The van der Waals surface area contributed by atoms with Crippen molar-refractivity contribution in [2.24, 2.45) is 0 Å². The molecule has 0 aliphatic heterocycles. The predicted molar refractivity (Wildman–Crippen MR) is 61.5 cm³/mol. The average molecular weight is 241 g/mol. The molecule has 5 nitrogen and oxygen atoms in total. The van der Waals surface area contributed by atoms with Crippen molar-refractivity contribution >= 4 is 5.97 Å². The number of unbranched alkanes of at least 4 members (excludes halogenated alkanes) is 1. The molecule has 0 fully saturated rings. The Bertz CT molecular complexity index is 304. The maximum atomic E-state index is 11.5. The van der Waals surface area contributed by atoms with Crippen molar-refractivity contribution in [2.45, 2.75) is 40.0 Å². The van der Waals surface area contributed by atoms with Crippen molar-refractivity contribution in [3.8, 4) is 6.07 Å². The van der Waals surface area contributed by atoms with E-state index in [-0.39, 0.29) is 12.2 Å². The van der Waals surface area contributed by atoms with Gasteiger partial charge in [-0.05, 0) is 20.3 Å². The van der Waals surface area contributed by atoms with E-state index in [4.69, 9.17) is 10.00 Å². The zero-order chi connectivity index (χ0) is 13.1. The highest BCUT2D eigenvalue weighted by Crippen LogP contribution is 2.15. The molecule has 0 aliphatic rings. The molecule has 0 saturated carbocycles. The number of rotatable bonds is 8. The number of ether oxygens (including phenoxy) is 1.